The van der Waals surface area contributed by atoms with E-state index in [1.165, 1.54) is 5.57 Å². The predicted molar refractivity (Wildman–Crippen MR) is 112 cm³/mol. The summed E-state index contributed by atoms with van der Waals surface area (Å²) >= 11 is 0. The van der Waals surface area contributed by atoms with Gasteiger partial charge < -0.3 is 15.1 Å². The Balaban J connectivity index is 1.44. The highest BCUT2D eigenvalue weighted by atomic mass is 16.3. The summed E-state index contributed by atoms with van der Waals surface area (Å²) in [7, 11) is 3.62. The van der Waals surface area contributed by atoms with Crippen molar-refractivity contribution in [3.63, 3.8) is 0 Å². The fourth-order valence-electron chi connectivity index (χ4n) is 5.04. The number of aliphatic hydroxyl groups excluding tert-OH is 2. The quantitative estimate of drug-likeness (QED) is 0.497. The molecule has 1 fully saturated rings. The summed E-state index contributed by atoms with van der Waals surface area (Å²) < 4.78 is 0. The van der Waals surface area contributed by atoms with Crippen LogP contribution in [0.3, 0.4) is 0 Å². The molecule has 0 saturated heterocycles. The van der Waals surface area contributed by atoms with Gasteiger partial charge >= 0.3 is 0 Å². The lowest BCUT2D eigenvalue weighted by Crippen LogP contribution is -2.21. The van der Waals surface area contributed by atoms with Crippen molar-refractivity contribution in [2.75, 3.05) is 14.1 Å². The van der Waals surface area contributed by atoms with Crippen LogP contribution in [0.4, 0.5) is 0 Å². The van der Waals surface area contributed by atoms with E-state index in [1.54, 1.807) is 4.90 Å². The molecule has 1 saturated carbocycles. The van der Waals surface area contributed by atoms with Gasteiger partial charge in [-0.05, 0) is 68.3 Å². The SMILES string of the molecule is CN(C)C(=O)CCCCC1=C[C@H]2C[C@@H](O)[C@H](CC[C@@H](O)c3ccccc3)[C@H]2C1. The zero-order valence-corrected chi connectivity index (χ0v) is 17.3. The normalized spacial score (nSPS) is 27.4. The van der Waals surface area contributed by atoms with Crippen LogP contribution in [0.1, 0.15) is 63.0 Å². The summed E-state index contributed by atoms with van der Waals surface area (Å²) in [4.78, 5) is 13.3. The molecule has 154 valence electrons. The van der Waals surface area contributed by atoms with E-state index in [0.717, 1.165) is 44.1 Å². The van der Waals surface area contributed by atoms with Crippen LogP contribution < -0.4 is 0 Å². The second kappa shape index (κ2) is 9.71. The van der Waals surface area contributed by atoms with E-state index in [-0.39, 0.29) is 17.9 Å². The highest BCUT2D eigenvalue weighted by Crippen LogP contribution is 2.49. The van der Waals surface area contributed by atoms with Crippen molar-refractivity contribution < 1.29 is 15.0 Å². The van der Waals surface area contributed by atoms with E-state index in [4.69, 9.17) is 0 Å². The van der Waals surface area contributed by atoms with Crippen LogP contribution in [0.5, 0.6) is 0 Å². The van der Waals surface area contributed by atoms with Crippen LogP contribution in [0.25, 0.3) is 0 Å². The molecule has 5 atom stereocenters. The number of hydrogen-bond donors (Lipinski definition) is 2. The standard InChI is InChI=1S/C24H35NO3/c1-25(2)24(28)11-7-6-8-17-14-19-16-23(27)20(21(19)15-17)12-13-22(26)18-9-4-3-5-10-18/h3-5,9-10,14,19-23,26-27H,6-8,11-13,15-16H2,1-2H3/t19-,20+,21-,22+,23+/m0/s1. The highest BCUT2D eigenvalue weighted by molar-refractivity contribution is 5.75. The van der Waals surface area contributed by atoms with Gasteiger partial charge in [-0.3, -0.25) is 4.79 Å². The number of nitrogens with zero attached hydrogens (tertiary/aromatic N) is 1. The Hall–Kier alpha value is -1.65. The molecule has 0 radical (unpaired) electrons. The Morgan fingerprint density at radius 2 is 1.96 bits per heavy atom. The molecule has 3 rings (SSSR count). The summed E-state index contributed by atoms with van der Waals surface area (Å²) in [6.07, 6.45) is 8.93. The maximum atomic E-state index is 11.7. The van der Waals surface area contributed by atoms with Crippen LogP contribution in [0, 0.1) is 17.8 Å². The van der Waals surface area contributed by atoms with Gasteiger partial charge in [0.2, 0.25) is 5.91 Å². The van der Waals surface area contributed by atoms with E-state index in [2.05, 4.69) is 6.08 Å². The van der Waals surface area contributed by atoms with Gasteiger partial charge in [-0.2, -0.15) is 0 Å². The number of carbonyl (C=O) groups is 1. The van der Waals surface area contributed by atoms with E-state index in [1.807, 2.05) is 44.4 Å². The Morgan fingerprint density at radius 1 is 1.21 bits per heavy atom. The molecule has 0 spiro atoms. The first-order chi connectivity index (χ1) is 13.5. The van der Waals surface area contributed by atoms with E-state index in [9.17, 15) is 15.0 Å². The highest BCUT2D eigenvalue weighted by Gasteiger charge is 2.44. The third-order valence-corrected chi connectivity index (χ3v) is 6.65. The number of allylic oxidation sites excluding steroid dienone is 2. The number of unbranched alkanes of at least 4 members (excludes halogenated alkanes) is 1. The van der Waals surface area contributed by atoms with Gasteiger partial charge in [-0.1, -0.05) is 42.0 Å². The molecule has 0 aliphatic heterocycles. The van der Waals surface area contributed by atoms with Crippen LogP contribution in [0.15, 0.2) is 42.0 Å². The van der Waals surface area contributed by atoms with Gasteiger partial charge in [0.05, 0.1) is 12.2 Å². The second-order valence-electron chi connectivity index (χ2n) is 8.82. The lowest BCUT2D eigenvalue weighted by Gasteiger charge is -2.23. The number of amides is 1. The summed E-state index contributed by atoms with van der Waals surface area (Å²) in [5.41, 5.74) is 2.47. The maximum absolute atomic E-state index is 11.7. The van der Waals surface area contributed by atoms with Crippen molar-refractivity contribution in [1.29, 1.82) is 0 Å². The lowest BCUT2D eigenvalue weighted by molar-refractivity contribution is -0.128. The monoisotopic (exact) mass is 385 g/mol. The van der Waals surface area contributed by atoms with Gasteiger partial charge in [0.1, 0.15) is 0 Å². The van der Waals surface area contributed by atoms with Gasteiger partial charge in [-0.25, -0.2) is 0 Å². The minimum atomic E-state index is -0.449. The van der Waals surface area contributed by atoms with E-state index in [0.29, 0.717) is 24.7 Å². The third-order valence-electron chi connectivity index (χ3n) is 6.65. The van der Waals surface area contributed by atoms with Gasteiger partial charge in [0.25, 0.3) is 0 Å². The average molecular weight is 386 g/mol. The molecule has 4 heteroatoms. The fraction of sp³-hybridized carbons (Fsp3) is 0.625. The first kappa shape index (κ1) is 21.1. The molecule has 1 amide bonds. The fourth-order valence-corrected chi connectivity index (χ4v) is 5.04. The minimum absolute atomic E-state index is 0.206. The summed E-state index contributed by atoms with van der Waals surface area (Å²) in [5.74, 6) is 1.51. The van der Waals surface area contributed by atoms with Gasteiger partial charge in [0.15, 0.2) is 0 Å². The van der Waals surface area contributed by atoms with Crippen LogP contribution in [-0.4, -0.2) is 41.2 Å². The molecule has 28 heavy (non-hydrogen) atoms. The zero-order chi connectivity index (χ0) is 20.1. The molecule has 2 aliphatic rings. The first-order valence-electron chi connectivity index (χ1n) is 10.8. The van der Waals surface area contributed by atoms with Crippen LogP contribution >= 0.6 is 0 Å². The molecule has 1 aromatic carbocycles. The van der Waals surface area contributed by atoms with Gasteiger partial charge in [-0.15, -0.1) is 0 Å². The van der Waals surface area contributed by atoms with Crippen molar-refractivity contribution in [1.82, 2.24) is 4.90 Å². The number of hydrogen-bond acceptors (Lipinski definition) is 3. The van der Waals surface area contributed by atoms with Crippen LogP contribution in [-0.2, 0) is 4.79 Å². The van der Waals surface area contributed by atoms with Crippen molar-refractivity contribution in [2.45, 2.75) is 63.6 Å². The Bertz CT molecular complexity index is 670. The van der Waals surface area contributed by atoms with Crippen molar-refractivity contribution in [3.8, 4) is 0 Å². The second-order valence-corrected chi connectivity index (χ2v) is 8.82. The molecule has 2 N–H and O–H groups in total. The molecular weight excluding hydrogens is 350 g/mol. The van der Waals surface area contributed by atoms with Crippen molar-refractivity contribution in [2.24, 2.45) is 17.8 Å². The third kappa shape index (κ3) is 5.24. The topological polar surface area (TPSA) is 60.8 Å². The summed E-state index contributed by atoms with van der Waals surface area (Å²) in [6.45, 7) is 0. The Kier molecular flexibility index (Phi) is 7.30. The number of fused-ring (bicyclic) bond motifs is 1. The predicted octanol–water partition coefficient (Wildman–Crippen LogP) is 4.09. The molecule has 4 nitrogen and oxygen atoms in total. The Labute approximate surface area is 169 Å². The number of carbonyl (C=O) groups excluding carboxylic acids is 1. The molecule has 1 aromatic rings. The van der Waals surface area contributed by atoms with E-state index < -0.39 is 6.10 Å². The number of aliphatic hydroxyl groups is 2. The summed E-state index contributed by atoms with van der Waals surface area (Å²) in [5, 5.41) is 21.0. The minimum Gasteiger partial charge on any atom is -0.393 e. The molecule has 0 aromatic heterocycles. The molecule has 2 aliphatic carbocycles. The Morgan fingerprint density at radius 3 is 2.68 bits per heavy atom. The summed E-state index contributed by atoms with van der Waals surface area (Å²) in [6, 6.07) is 9.81. The average Bonchev–Trinajstić information content (AvgIpc) is 3.20. The molecule has 0 bridgehead atoms. The molecule has 0 heterocycles. The van der Waals surface area contributed by atoms with Crippen molar-refractivity contribution in [3.05, 3.63) is 47.5 Å². The van der Waals surface area contributed by atoms with Gasteiger partial charge in [0, 0.05) is 20.5 Å². The zero-order valence-electron chi connectivity index (χ0n) is 17.3. The van der Waals surface area contributed by atoms with E-state index >= 15 is 0 Å². The number of rotatable bonds is 9. The largest absolute Gasteiger partial charge is 0.393 e. The molecule has 0 unspecified atom stereocenters. The molecular formula is C24H35NO3. The van der Waals surface area contributed by atoms with Crippen LogP contribution in [0.2, 0.25) is 0 Å². The maximum Gasteiger partial charge on any atom is 0.222 e. The first-order valence-corrected chi connectivity index (χ1v) is 10.8. The smallest absolute Gasteiger partial charge is 0.222 e. The van der Waals surface area contributed by atoms with Crippen molar-refractivity contribution >= 4 is 5.91 Å². The number of benzene rings is 1. The lowest BCUT2D eigenvalue weighted by atomic mass is 9.84.